The number of allylic oxidation sites excluding steroid dienone is 1. The summed E-state index contributed by atoms with van der Waals surface area (Å²) in [7, 11) is 5.78. The Balaban J connectivity index is 0.00000107. The largest absolute Gasteiger partial charge is 0.491 e. The number of benzene rings is 2. The van der Waals surface area contributed by atoms with Crippen LogP contribution in [0.2, 0.25) is 0 Å². The molecule has 0 aliphatic heterocycles. The minimum atomic E-state index is -0.0916. The average Bonchev–Trinajstić information content (AvgIpc) is 2.73. The monoisotopic (exact) mass is 422 g/mol. The molecule has 1 N–H and O–H groups in total. The lowest BCUT2D eigenvalue weighted by molar-refractivity contribution is 0.242. The Morgan fingerprint density at radius 2 is 1.71 bits per heavy atom. The fourth-order valence-corrected chi connectivity index (χ4v) is 3.26. The minimum Gasteiger partial charge on any atom is -0.491 e. The van der Waals surface area contributed by atoms with Crippen LogP contribution in [0.1, 0.15) is 32.4 Å². The van der Waals surface area contributed by atoms with Gasteiger partial charge < -0.3 is 15.0 Å². The van der Waals surface area contributed by atoms with Crippen LogP contribution in [-0.4, -0.2) is 41.4 Å². The van der Waals surface area contributed by atoms with E-state index in [0.29, 0.717) is 17.7 Å². The third-order valence-corrected chi connectivity index (χ3v) is 4.68. The van der Waals surface area contributed by atoms with Crippen molar-refractivity contribution >= 4 is 16.6 Å². The molecule has 0 aliphatic rings. The Bertz CT molecular complexity index is 1040. The van der Waals surface area contributed by atoms with Crippen molar-refractivity contribution in [3.63, 3.8) is 0 Å². The first-order valence-electron chi connectivity index (χ1n) is 10.5. The van der Waals surface area contributed by atoms with Crippen molar-refractivity contribution in [2.24, 2.45) is 7.05 Å². The molecule has 0 bridgehead atoms. The third-order valence-electron chi connectivity index (χ3n) is 4.68. The van der Waals surface area contributed by atoms with Crippen molar-refractivity contribution in [2.75, 3.05) is 26.0 Å². The molecule has 0 spiro atoms. The second-order valence-electron chi connectivity index (χ2n) is 7.83. The number of ether oxygens (including phenoxy) is 1. The summed E-state index contributed by atoms with van der Waals surface area (Å²) in [5.41, 5.74) is 1.09. The number of likely N-dealkylation sites (N-methyl/N-ethyl adjacent to an activating group) is 1. The van der Waals surface area contributed by atoms with Gasteiger partial charge in [0.05, 0.1) is 17.5 Å². The van der Waals surface area contributed by atoms with E-state index >= 15 is 0 Å². The number of hydrogen-bond acceptors (Lipinski definition) is 5. The number of nitrogens with one attached hydrogen (secondary N) is 1. The molecule has 0 radical (unpaired) electrons. The molecule has 0 fully saturated rings. The predicted octanol–water partition coefficient (Wildman–Crippen LogP) is 4.63. The molecule has 3 aromatic rings. The van der Waals surface area contributed by atoms with E-state index in [1.54, 1.807) is 13.1 Å². The van der Waals surface area contributed by atoms with E-state index in [2.05, 4.69) is 48.1 Å². The second-order valence-corrected chi connectivity index (χ2v) is 7.83. The number of rotatable bonds is 7. The molecule has 166 valence electrons. The van der Waals surface area contributed by atoms with Crippen LogP contribution < -0.4 is 15.6 Å². The number of aryl methyl sites for hydroxylation is 1. The standard InChI is InChI=1S/C22H28N4O2.C3H6/c1-15(2)28-17-12-10-16(11-13-17)20(25(3)4)14-23-21-18-8-6-7-9-19(18)22(27)26(5)24-21;1-3-2/h6-13,15,20H,14H2,1-5H3,(H,23,24);3H,1H2,2H3. The zero-order chi connectivity index (χ0) is 23.0. The molecule has 6 heteroatoms. The maximum absolute atomic E-state index is 12.3. The van der Waals surface area contributed by atoms with Crippen LogP contribution in [0.25, 0.3) is 10.8 Å². The smallest absolute Gasteiger partial charge is 0.274 e. The highest BCUT2D eigenvalue weighted by molar-refractivity contribution is 5.90. The minimum absolute atomic E-state index is 0.0916. The van der Waals surface area contributed by atoms with Crippen LogP contribution in [0.3, 0.4) is 0 Å². The molecule has 0 saturated carbocycles. The van der Waals surface area contributed by atoms with E-state index < -0.39 is 0 Å². The number of hydrogen-bond donors (Lipinski definition) is 1. The second kappa shape index (κ2) is 11.3. The fraction of sp³-hybridized carbons (Fsp3) is 0.360. The van der Waals surface area contributed by atoms with Crippen LogP contribution in [0.15, 0.2) is 66.0 Å². The van der Waals surface area contributed by atoms with Gasteiger partial charge in [-0.2, -0.15) is 5.10 Å². The molecule has 0 amide bonds. The van der Waals surface area contributed by atoms with Gasteiger partial charge in [0.1, 0.15) is 5.75 Å². The Kier molecular flexibility index (Phi) is 8.82. The molecule has 1 heterocycles. The highest BCUT2D eigenvalue weighted by atomic mass is 16.5. The molecule has 0 aliphatic carbocycles. The molecule has 2 aromatic carbocycles. The first kappa shape index (κ1) is 24.2. The van der Waals surface area contributed by atoms with Gasteiger partial charge in [-0.15, -0.1) is 6.58 Å². The van der Waals surface area contributed by atoms with Crippen molar-refractivity contribution < 1.29 is 4.74 Å². The predicted molar refractivity (Wildman–Crippen MR) is 130 cm³/mol. The number of nitrogens with zero attached hydrogens (tertiary/aromatic N) is 3. The summed E-state index contributed by atoms with van der Waals surface area (Å²) in [6.45, 7) is 9.95. The molecule has 0 saturated heterocycles. The molecule has 6 nitrogen and oxygen atoms in total. The van der Waals surface area contributed by atoms with Crippen LogP contribution in [0.4, 0.5) is 5.82 Å². The van der Waals surface area contributed by atoms with Gasteiger partial charge in [-0.1, -0.05) is 36.4 Å². The van der Waals surface area contributed by atoms with E-state index in [-0.39, 0.29) is 17.7 Å². The first-order chi connectivity index (χ1) is 14.8. The number of anilines is 1. The number of fused-ring (bicyclic) bond motifs is 1. The maximum Gasteiger partial charge on any atom is 0.274 e. The van der Waals surface area contributed by atoms with Gasteiger partial charge in [0.15, 0.2) is 5.82 Å². The van der Waals surface area contributed by atoms with Gasteiger partial charge >= 0.3 is 0 Å². The summed E-state index contributed by atoms with van der Waals surface area (Å²) < 4.78 is 7.12. The quantitative estimate of drug-likeness (QED) is 0.563. The highest BCUT2D eigenvalue weighted by Gasteiger charge is 2.16. The normalized spacial score (nSPS) is 11.7. The van der Waals surface area contributed by atoms with E-state index in [0.717, 1.165) is 11.1 Å². The first-order valence-corrected chi connectivity index (χ1v) is 10.5. The Morgan fingerprint density at radius 1 is 1.13 bits per heavy atom. The van der Waals surface area contributed by atoms with Crippen LogP contribution in [0.5, 0.6) is 5.75 Å². The third kappa shape index (κ3) is 6.43. The van der Waals surface area contributed by atoms with Gasteiger partial charge in [0.2, 0.25) is 0 Å². The van der Waals surface area contributed by atoms with Gasteiger partial charge in [0, 0.05) is 19.0 Å². The summed E-state index contributed by atoms with van der Waals surface area (Å²) in [4.78, 5) is 14.5. The lowest BCUT2D eigenvalue weighted by Gasteiger charge is -2.26. The van der Waals surface area contributed by atoms with Gasteiger partial charge in [0.25, 0.3) is 5.56 Å². The summed E-state index contributed by atoms with van der Waals surface area (Å²) >= 11 is 0. The van der Waals surface area contributed by atoms with E-state index in [9.17, 15) is 4.79 Å². The topological polar surface area (TPSA) is 59.4 Å². The average molecular weight is 423 g/mol. The molecule has 1 aromatic heterocycles. The fourth-order valence-electron chi connectivity index (χ4n) is 3.26. The van der Waals surface area contributed by atoms with Crippen LogP contribution in [0, 0.1) is 0 Å². The zero-order valence-electron chi connectivity index (χ0n) is 19.4. The molecule has 31 heavy (non-hydrogen) atoms. The van der Waals surface area contributed by atoms with Gasteiger partial charge in [-0.05, 0) is 58.6 Å². The van der Waals surface area contributed by atoms with Crippen molar-refractivity contribution in [3.05, 3.63) is 77.1 Å². The Labute approximate surface area is 185 Å². The lowest BCUT2D eigenvalue weighted by atomic mass is 10.1. The van der Waals surface area contributed by atoms with E-state index in [1.165, 1.54) is 10.2 Å². The lowest BCUT2D eigenvalue weighted by Crippen LogP contribution is -2.28. The number of aromatic nitrogens is 2. The Morgan fingerprint density at radius 3 is 2.26 bits per heavy atom. The van der Waals surface area contributed by atoms with Crippen LogP contribution >= 0.6 is 0 Å². The van der Waals surface area contributed by atoms with Crippen molar-refractivity contribution in [2.45, 2.75) is 32.9 Å². The molecule has 1 atom stereocenters. The summed E-state index contributed by atoms with van der Waals surface area (Å²) in [5, 5.41) is 9.37. The van der Waals surface area contributed by atoms with E-state index in [4.69, 9.17) is 4.74 Å². The van der Waals surface area contributed by atoms with Crippen molar-refractivity contribution in [1.29, 1.82) is 0 Å². The summed E-state index contributed by atoms with van der Waals surface area (Å²) in [6.07, 6.45) is 1.90. The van der Waals surface area contributed by atoms with Crippen molar-refractivity contribution in [1.82, 2.24) is 14.7 Å². The van der Waals surface area contributed by atoms with Gasteiger partial charge in [-0.25, -0.2) is 4.68 Å². The Hall–Kier alpha value is -3.12. The highest BCUT2D eigenvalue weighted by Crippen LogP contribution is 2.24. The molecular weight excluding hydrogens is 388 g/mol. The molecular formula is C25H34N4O2. The van der Waals surface area contributed by atoms with Crippen molar-refractivity contribution in [3.8, 4) is 5.75 Å². The molecule has 3 rings (SSSR count). The van der Waals surface area contributed by atoms with E-state index in [1.807, 2.05) is 57.2 Å². The molecule has 1 unspecified atom stereocenters. The van der Waals surface area contributed by atoms with Crippen LogP contribution in [-0.2, 0) is 7.05 Å². The SMILES string of the molecule is C=CC.CC(C)Oc1ccc(C(CNc2nn(C)c(=O)c3ccccc23)N(C)C)cc1. The maximum atomic E-state index is 12.3. The van der Waals surface area contributed by atoms with Gasteiger partial charge in [-0.3, -0.25) is 4.79 Å². The zero-order valence-corrected chi connectivity index (χ0v) is 19.4. The summed E-state index contributed by atoms with van der Waals surface area (Å²) in [6, 6.07) is 15.9. The summed E-state index contributed by atoms with van der Waals surface area (Å²) in [5.74, 6) is 1.58.